The van der Waals surface area contributed by atoms with Crippen LogP contribution in [0.3, 0.4) is 0 Å². The molecule has 11 nitrogen and oxygen atoms in total. The third kappa shape index (κ3) is 26.3. The number of amides is 2. The Hall–Kier alpha value is -3.11. The van der Waals surface area contributed by atoms with E-state index in [-0.39, 0.29) is 80.0 Å². The van der Waals surface area contributed by atoms with Gasteiger partial charge >= 0.3 is 11.9 Å². The number of hydrogen-bond acceptors (Lipinski definition) is 7. The first-order chi connectivity index (χ1) is 24.3. The molecule has 0 aromatic heterocycles. The van der Waals surface area contributed by atoms with Gasteiger partial charge in [0.15, 0.2) is 0 Å². The molecule has 4 N–H and O–H groups in total. The number of carboxylic acids is 2. The minimum absolute atomic E-state index is 0.0241. The Balaban J connectivity index is 4.37. The summed E-state index contributed by atoms with van der Waals surface area (Å²) >= 11 is 0. The van der Waals surface area contributed by atoms with E-state index in [0.29, 0.717) is 38.6 Å². The average Bonchev–Trinajstić information content (AvgIpc) is 3.08. The Labute approximate surface area is 307 Å². The molecule has 1 unspecified atom stereocenters. The van der Waals surface area contributed by atoms with Crippen LogP contribution in [0.25, 0.3) is 0 Å². The van der Waals surface area contributed by atoms with E-state index in [4.69, 9.17) is 5.11 Å². The highest BCUT2D eigenvalue weighted by Crippen LogP contribution is 2.24. The van der Waals surface area contributed by atoms with E-state index < -0.39 is 29.8 Å². The largest absolute Gasteiger partial charge is 0.481 e. The van der Waals surface area contributed by atoms with Crippen molar-refractivity contribution >= 4 is 41.1 Å². The number of aliphatic carboxylic acids is 2. The van der Waals surface area contributed by atoms with Gasteiger partial charge in [0.2, 0.25) is 11.8 Å². The maximum absolute atomic E-state index is 13.1. The molecule has 0 rings (SSSR count). The molecule has 0 bridgehead atoms. The first kappa shape index (κ1) is 47.9. The van der Waals surface area contributed by atoms with Crippen molar-refractivity contribution in [3.63, 3.8) is 0 Å². The Bertz CT molecular complexity index is 1040. The zero-order valence-corrected chi connectivity index (χ0v) is 32.2. The second kappa shape index (κ2) is 30.5. The smallest absolute Gasteiger partial charge is 0.326 e. The molecule has 0 spiro atoms. The van der Waals surface area contributed by atoms with Crippen LogP contribution in [0.2, 0.25) is 0 Å². The third-order valence-corrected chi connectivity index (χ3v) is 9.90. The minimum atomic E-state index is -1.18. The van der Waals surface area contributed by atoms with Gasteiger partial charge in [-0.1, -0.05) is 104 Å². The normalized spacial score (nSPS) is 13.5. The van der Waals surface area contributed by atoms with Crippen molar-refractivity contribution < 1.29 is 43.8 Å². The van der Waals surface area contributed by atoms with Crippen LogP contribution in [0.4, 0.5) is 0 Å². The van der Waals surface area contributed by atoms with Gasteiger partial charge in [-0.2, -0.15) is 0 Å². The second-order valence-corrected chi connectivity index (χ2v) is 14.4. The zero-order chi connectivity index (χ0) is 38.4. The van der Waals surface area contributed by atoms with Gasteiger partial charge in [-0.25, -0.2) is 4.79 Å². The van der Waals surface area contributed by atoms with Crippen molar-refractivity contribution in [2.24, 2.45) is 17.8 Å². The summed E-state index contributed by atoms with van der Waals surface area (Å²) in [6.07, 6.45) is 17.6. The lowest BCUT2D eigenvalue weighted by molar-refractivity contribution is -0.142. The summed E-state index contributed by atoms with van der Waals surface area (Å²) in [5.41, 5.74) is 0. The maximum Gasteiger partial charge on any atom is 0.326 e. The van der Waals surface area contributed by atoms with Gasteiger partial charge in [0, 0.05) is 56.4 Å². The maximum atomic E-state index is 13.1. The number of carbonyl (C=O) groups excluding carboxylic acids is 5. The summed E-state index contributed by atoms with van der Waals surface area (Å²) < 4.78 is 0. The molecule has 0 radical (unpaired) electrons. The van der Waals surface area contributed by atoms with Crippen LogP contribution < -0.4 is 10.6 Å². The highest BCUT2D eigenvalue weighted by molar-refractivity contribution is 5.92. The van der Waals surface area contributed by atoms with Crippen LogP contribution in [0, 0.1) is 17.8 Å². The molecule has 0 aromatic carbocycles. The monoisotopic (exact) mass is 723 g/mol. The molecular formula is C40H70N2O9. The Morgan fingerprint density at radius 3 is 1.63 bits per heavy atom. The van der Waals surface area contributed by atoms with Gasteiger partial charge in [0.05, 0.1) is 0 Å². The summed E-state index contributed by atoms with van der Waals surface area (Å²) in [5, 5.41) is 23.9. The van der Waals surface area contributed by atoms with E-state index in [1.807, 2.05) is 6.92 Å². The van der Waals surface area contributed by atoms with Gasteiger partial charge in [-0.15, -0.1) is 0 Å². The standard InChI is InChI=1S/C40H70N2O9/c1-5-7-8-9-10-11-12-13-14-15-16-17-18-22-38(47)42-34(40(50)51)24-25-37(46)41-27-20-19-21-32(31(4)43)28-36(45)33(23-26-39(48)49)29-35(44)30(3)6-2/h30,32-34H,5-29H2,1-4H3,(H,41,46)(H,42,47)(H,48,49)(H,50,51)/t30-,32-,33-,34?/m1/s1. The molecule has 2 amide bonds. The molecule has 51 heavy (non-hydrogen) atoms. The summed E-state index contributed by atoms with van der Waals surface area (Å²) in [7, 11) is 0. The number of nitrogens with one attached hydrogen (secondary N) is 2. The van der Waals surface area contributed by atoms with Gasteiger partial charge in [-0.3, -0.25) is 28.8 Å². The number of carbonyl (C=O) groups is 7. The zero-order valence-electron chi connectivity index (χ0n) is 32.2. The van der Waals surface area contributed by atoms with Crippen molar-refractivity contribution in [3.8, 4) is 0 Å². The quantitative estimate of drug-likeness (QED) is 0.0475. The first-order valence-electron chi connectivity index (χ1n) is 19.9. The van der Waals surface area contributed by atoms with Crippen molar-refractivity contribution in [1.29, 1.82) is 0 Å². The highest BCUT2D eigenvalue weighted by Gasteiger charge is 2.28. The van der Waals surface area contributed by atoms with Gasteiger partial charge in [-0.05, 0) is 45.4 Å². The number of rotatable bonds is 35. The van der Waals surface area contributed by atoms with Crippen molar-refractivity contribution in [1.82, 2.24) is 10.6 Å². The molecule has 0 saturated heterocycles. The summed E-state index contributed by atoms with van der Waals surface area (Å²) in [4.78, 5) is 85.4. The fourth-order valence-electron chi connectivity index (χ4n) is 6.14. The van der Waals surface area contributed by atoms with Crippen molar-refractivity contribution in [2.75, 3.05) is 6.54 Å². The van der Waals surface area contributed by atoms with E-state index in [0.717, 1.165) is 19.3 Å². The molecule has 0 fully saturated rings. The van der Waals surface area contributed by atoms with E-state index in [1.54, 1.807) is 6.92 Å². The molecule has 0 aliphatic rings. The Morgan fingerprint density at radius 2 is 1.12 bits per heavy atom. The van der Waals surface area contributed by atoms with Gasteiger partial charge < -0.3 is 20.8 Å². The first-order valence-corrected chi connectivity index (χ1v) is 19.9. The fourth-order valence-corrected chi connectivity index (χ4v) is 6.14. The molecule has 0 aromatic rings. The lowest BCUT2D eigenvalue weighted by atomic mass is 9.83. The minimum Gasteiger partial charge on any atom is -0.481 e. The molecule has 0 aliphatic heterocycles. The Kier molecular flexibility index (Phi) is 28.6. The van der Waals surface area contributed by atoms with Crippen LogP contribution in [-0.2, 0) is 33.6 Å². The molecular weight excluding hydrogens is 652 g/mol. The number of hydrogen-bond donors (Lipinski definition) is 4. The number of unbranched alkanes of at least 4 members (excludes halogenated alkanes) is 13. The molecule has 0 aliphatic carbocycles. The third-order valence-electron chi connectivity index (χ3n) is 9.90. The molecule has 0 heterocycles. The number of ketones is 3. The summed E-state index contributed by atoms with van der Waals surface area (Å²) in [6.45, 7) is 7.61. The number of Topliss-reactive ketones (excluding diaryl/α,β-unsaturated/α-hetero) is 3. The van der Waals surface area contributed by atoms with E-state index >= 15 is 0 Å². The predicted octanol–water partition coefficient (Wildman–Crippen LogP) is 7.75. The molecule has 4 atom stereocenters. The SMILES string of the molecule is CCCCCCCCCCCCCCCC(=O)NC(CCC(=O)NCCCC[C@H](CC(=O)[C@H](CCC(=O)O)CC(=O)[C@H](C)CC)C(C)=O)C(=O)O. The van der Waals surface area contributed by atoms with E-state index in [2.05, 4.69) is 17.6 Å². The fraction of sp³-hybridized carbons (Fsp3) is 0.825. The van der Waals surface area contributed by atoms with Crippen LogP contribution in [0.15, 0.2) is 0 Å². The summed E-state index contributed by atoms with van der Waals surface area (Å²) in [5.74, 6) is -4.91. The Morgan fingerprint density at radius 1 is 0.569 bits per heavy atom. The van der Waals surface area contributed by atoms with Crippen LogP contribution in [0.1, 0.15) is 182 Å². The van der Waals surface area contributed by atoms with Gasteiger partial charge in [0.25, 0.3) is 0 Å². The average molecular weight is 723 g/mol. The topological polar surface area (TPSA) is 184 Å². The molecule has 294 valence electrons. The van der Waals surface area contributed by atoms with E-state index in [1.165, 1.54) is 64.7 Å². The number of carboxylic acid groups (broad SMARTS) is 2. The van der Waals surface area contributed by atoms with E-state index in [9.17, 15) is 38.7 Å². The van der Waals surface area contributed by atoms with Crippen molar-refractivity contribution in [2.45, 2.75) is 188 Å². The van der Waals surface area contributed by atoms with Crippen LogP contribution in [0.5, 0.6) is 0 Å². The van der Waals surface area contributed by atoms with Crippen LogP contribution >= 0.6 is 0 Å². The predicted molar refractivity (Wildman–Crippen MR) is 199 cm³/mol. The van der Waals surface area contributed by atoms with Crippen molar-refractivity contribution in [3.05, 3.63) is 0 Å². The lowest BCUT2D eigenvalue weighted by Gasteiger charge is -2.20. The lowest BCUT2D eigenvalue weighted by Crippen LogP contribution is -2.41. The van der Waals surface area contributed by atoms with Crippen LogP contribution in [-0.4, -0.2) is 63.9 Å². The second-order valence-electron chi connectivity index (χ2n) is 14.4. The summed E-state index contributed by atoms with van der Waals surface area (Å²) in [6, 6.07) is -1.14. The molecule has 11 heteroatoms. The molecule has 0 saturated carbocycles. The van der Waals surface area contributed by atoms with Gasteiger partial charge in [0.1, 0.15) is 23.4 Å². The highest BCUT2D eigenvalue weighted by atomic mass is 16.4.